The average Bonchev–Trinajstić information content (AvgIpc) is 2.45. The molecule has 0 aromatic heterocycles. The van der Waals surface area contributed by atoms with E-state index in [4.69, 9.17) is 0 Å². The summed E-state index contributed by atoms with van der Waals surface area (Å²) in [7, 11) is 0. The zero-order chi connectivity index (χ0) is 15.4. The SMILES string of the molecule is Cc1cc(C)c(C(C)NCCN2CCC(C)CC2)cc1C. The van der Waals surface area contributed by atoms with E-state index in [2.05, 4.69) is 57.0 Å². The number of likely N-dealkylation sites (tertiary alicyclic amines) is 1. The number of hydrogen-bond acceptors (Lipinski definition) is 2. The number of nitrogens with one attached hydrogen (secondary N) is 1. The van der Waals surface area contributed by atoms with E-state index in [0.29, 0.717) is 6.04 Å². The second-order valence-corrected chi connectivity index (χ2v) is 6.99. The predicted molar refractivity (Wildman–Crippen MR) is 91.9 cm³/mol. The third-order valence-electron chi connectivity index (χ3n) is 5.10. The van der Waals surface area contributed by atoms with Gasteiger partial charge in [0.15, 0.2) is 0 Å². The van der Waals surface area contributed by atoms with Crippen molar-refractivity contribution in [2.24, 2.45) is 5.92 Å². The van der Waals surface area contributed by atoms with Crippen LogP contribution in [0.2, 0.25) is 0 Å². The van der Waals surface area contributed by atoms with Crippen LogP contribution < -0.4 is 5.32 Å². The third-order valence-corrected chi connectivity index (χ3v) is 5.10. The van der Waals surface area contributed by atoms with Crippen LogP contribution in [0.4, 0.5) is 0 Å². The first kappa shape index (κ1) is 16.5. The Hall–Kier alpha value is -0.860. The van der Waals surface area contributed by atoms with Crippen molar-refractivity contribution >= 4 is 0 Å². The highest BCUT2D eigenvalue weighted by Crippen LogP contribution is 2.21. The number of benzene rings is 1. The van der Waals surface area contributed by atoms with Crippen LogP contribution in [-0.2, 0) is 0 Å². The summed E-state index contributed by atoms with van der Waals surface area (Å²) in [5.74, 6) is 0.923. The first-order valence-electron chi connectivity index (χ1n) is 8.51. The summed E-state index contributed by atoms with van der Waals surface area (Å²) < 4.78 is 0. The van der Waals surface area contributed by atoms with Gasteiger partial charge in [-0.25, -0.2) is 0 Å². The van der Waals surface area contributed by atoms with Crippen molar-refractivity contribution in [2.45, 2.75) is 53.5 Å². The number of hydrogen-bond donors (Lipinski definition) is 1. The molecule has 2 rings (SSSR count). The standard InChI is InChI=1S/C19H32N2/c1-14-6-9-21(10-7-14)11-8-20-18(5)19-13-16(3)15(2)12-17(19)4/h12-14,18,20H,6-11H2,1-5H3. The Kier molecular flexibility index (Phi) is 5.83. The summed E-state index contributed by atoms with van der Waals surface area (Å²) in [6.45, 7) is 16.1. The van der Waals surface area contributed by atoms with Crippen LogP contribution in [0.3, 0.4) is 0 Å². The Labute approximate surface area is 130 Å². The molecule has 1 aliphatic heterocycles. The Morgan fingerprint density at radius 3 is 2.38 bits per heavy atom. The van der Waals surface area contributed by atoms with E-state index in [-0.39, 0.29) is 0 Å². The van der Waals surface area contributed by atoms with Crippen LogP contribution in [0.15, 0.2) is 12.1 Å². The van der Waals surface area contributed by atoms with Gasteiger partial charge in [0.2, 0.25) is 0 Å². The molecule has 2 nitrogen and oxygen atoms in total. The fourth-order valence-electron chi connectivity index (χ4n) is 3.28. The van der Waals surface area contributed by atoms with Gasteiger partial charge in [0.1, 0.15) is 0 Å². The topological polar surface area (TPSA) is 15.3 Å². The van der Waals surface area contributed by atoms with E-state index in [1.54, 1.807) is 0 Å². The van der Waals surface area contributed by atoms with Gasteiger partial charge in [-0.1, -0.05) is 19.1 Å². The van der Waals surface area contributed by atoms with E-state index in [1.165, 1.54) is 54.7 Å². The lowest BCUT2D eigenvalue weighted by Gasteiger charge is -2.30. The largest absolute Gasteiger partial charge is 0.309 e. The van der Waals surface area contributed by atoms with E-state index in [1.807, 2.05) is 0 Å². The van der Waals surface area contributed by atoms with Crippen LogP contribution >= 0.6 is 0 Å². The molecule has 0 amide bonds. The van der Waals surface area contributed by atoms with Gasteiger partial charge in [-0.15, -0.1) is 0 Å². The Bertz CT molecular complexity index is 459. The molecule has 118 valence electrons. The van der Waals surface area contributed by atoms with Crippen LogP contribution in [0.1, 0.15) is 55.0 Å². The molecule has 1 aromatic rings. The van der Waals surface area contributed by atoms with E-state index in [0.717, 1.165) is 12.5 Å². The fourth-order valence-corrected chi connectivity index (χ4v) is 3.28. The minimum atomic E-state index is 0.438. The van der Waals surface area contributed by atoms with Crippen LogP contribution in [0, 0.1) is 26.7 Å². The summed E-state index contributed by atoms with van der Waals surface area (Å²) in [5, 5.41) is 3.70. The first-order chi connectivity index (χ1) is 9.97. The van der Waals surface area contributed by atoms with Gasteiger partial charge in [-0.05, 0) is 81.8 Å². The predicted octanol–water partition coefficient (Wildman–Crippen LogP) is 3.99. The number of nitrogens with zero attached hydrogens (tertiary/aromatic N) is 1. The second kappa shape index (κ2) is 7.42. The van der Waals surface area contributed by atoms with Crippen molar-refractivity contribution in [1.29, 1.82) is 0 Å². The highest BCUT2D eigenvalue weighted by molar-refractivity contribution is 5.37. The lowest BCUT2D eigenvalue weighted by atomic mass is 9.96. The molecule has 1 fully saturated rings. The molecule has 1 N–H and O–H groups in total. The van der Waals surface area contributed by atoms with Gasteiger partial charge < -0.3 is 10.2 Å². The van der Waals surface area contributed by atoms with Crippen molar-refractivity contribution in [3.8, 4) is 0 Å². The van der Waals surface area contributed by atoms with Gasteiger partial charge in [0.05, 0.1) is 0 Å². The maximum Gasteiger partial charge on any atom is 0.0295 e. The number of aryl methyl sites for hydroxylation is 3. The van der Waals surface area contributed by atoms with Crippen molar-refractivity contribution in [1.82, 2.24) is 10.2 Å². The van der Waals surface area contributed by atoms with Crippen molar-refractivity contribution in [2.75, 3.05) is 26.2 Å². The molecule has 0 spiro atoms. The molecule has 1 heterocycles. The van der Waals surface area contributed by atoms with Gasteiger partial charge in [-0.2, -0.15) is 0 Å². The van der Waals surface area contributed by atoms with E-state index >= 15 is 0 Å². The molecule has 1 saturated heterocycles. The molecule has 0 radical (unpaired) electrons. The van der Waals surface area contributed by atoms with Crippen LogP contribution in [-0.4, -0.2) is 31.1 Å². The molecule has 0 aliphatic carbocycles. The molecular weight excluding hydrogens is 256 g/mol. The van der Waals surface area contributed by atoms with Gasteiger partial charge in [0, 0.05) is 19.1 Å². The summed E-state index contributed by atoms with van der Waals surface area (Å²) in [4.78, 5) is 2.60. The lowest BCUT2D eigenvalue weighted by Crippen LogP contribution is -2.38. The molecule has 1 unspecified atom stereocenters. The van der Waals surface area contributed by atoms with Gasteiger partial charge in [0.25, 0.3) is 0 Å². The van der Waals surface area contributed by atoms with Crippen molar-refractivity contribution in [3.05, 3.63) is 34.4 Å². The maximum absolute atomic E-state index is 3.70. The molecule has 2 heteroatoms. The zero-order valence-corrected chi connectivity index (χ0v) is 14.5. The van der Waals surface area contributed by atoms with E-state index in [9.17, 15) is 0 Å². The van der Waals surface area contributed by atoms with E-state index < -0.39 is 0 Å². The molecule has 1 atom stereocenters. The summed E-state index contributed by atoms with van der Waals surface area (Å²) in [5.41, 5.74) is 5.65. The summed E-state index contributed by atoms with van der Waals surface area (Å²) in [6.07, 6.45) is 2.73. The molecule has 1 aliphatic rings. The van der Waals surface area contributed by atoms with Gasteiger partial charge in [-0.3, -0.25) is 0 Å². The monoisotopic (exact) mass is 288 g/mol. The molecular formula is C19H32N2. The minimum absolute atomic E-state index is 0.438. The van der Waals surface area contributed by atoms with Crippen molar-refractivity contribution in [3.63, 3.8) is 0 Å². The van der Waals surface area contributed by atoms with Crippen molar-refractivity contribution < 1.29 is 0 Å². The molecule has 21 heavy (non-hydrogen) atoms. The molecule has 0 bridgehead atoms. The normalized spacial score (nSPS) is 18.9. The fraction of sp³-hybridized carbons (Fsp3) is 0.684. The van der Waals surface area contributed by atoms with Crippen LogP contribution in [0.25, 0.3) is 0 Å². The van der Waals surface area contributed by atoms with Crippen LogP contribution in [0.5, 0.6) is 0 Å². The highest BCUT2D eigenvalue weighted by Gasteiger charge is 2.15. The highest BCUT2D eigenvalue weighted by atomic mass is 15.1. The van der Waals surface area contributed by atoms with Gasteiger partial charge >= 0.3 is 0 Å². The molecule has 0 saturated carbocycles. The third kappa shape index (κ3) is 4.55. The first-order valence-corrected chi connectivity index (χ1v) is 8.51. The number of piperidine rings is 1. The Morgan fingerprint density at radius 1 is 1.10 bits per heavy atom. The average molecular weight is 288 g/mol. The molecule has 1 aromatic carbocycles. The second-order valence-electron chi connectivity index (χ2n) is 6.99. The number of rotatable bonds is 5. The Morgan fingerprint density at radius 2 is 1.71 bits per heavy atom. The lowest BCUT2D eigenvalue weighted by molar-refractivity contribution is 0.191. The smallest absolute Gasteiger partial charge is 0.0295 e. The quantitative estimate of drug-likeness (QED) is 0.881. The maximum atomic E-state index is 3.70. The minimum Gasteiger partial charge on any atom is -0.309 e. The zero-order valence-electron chi connectivity index (χ0n) is 14.5. The Balaban J connectivity index is 1.82. The summed E-state index contributed by atoms with van der Waals surface area (Å²) >= 11 is 0. The summed E-state index contributed by atoms with van der Waals surface area (Å²) in [6, 6.07) is 5.10.